The summed E-state index contributed by atoms with van der Waals surface area (Å²) in [7, 11) is 2.91. The minimum Gasteiger partial charge on any atom is -0.338 e. The van der Waals surface area contributed by atoms with Gasteiger partial charge in [0.25, 0.3) is 5.56 Å². The van der Waals surface area contributed by atoms with E-state index in [1.165, 1.54) is 35.8 Å². The zero-order chi connectivity index (χ0) is 25.6. The minimum atomic E-state index is -0.802. The molecule has 5 heterocycles. The second kappa shape index (κ2) is 8.98. The van der Waals surface area contributed by atoms with Crippen LogP contribution in [-0.4, -0.2) is 57.1 Å². The third kappa shape index (κ3) is 3.91. The van der Waals surface area contributed by atoms with Crippen molar-refractivity contribution in [2.45, 2.75) is 38.8 Å². The van der Waals surface area contributed by atoms with E-state index in [2.05, 4.69) is 42.1 Å². The second-order valence-electron chi connectivity index (χ2n) is 8.92. The average molecular weight is 491 g/mol. The van der Waals surface area contributed by atoms with Crippen molar-refractivity contribution in [2.24, 2.45) is 14.1 Å². The Hall–Kier alpha value is -4.42. The van der Waals surface area contributed by atoms with Crippen LogP contribution in [0.25, 0.3) is 22.6 Å². The summed E-state index contributed by atoms with van der Waals surface area (Å²) in [6, 6.07) is 1.18. The number of aryl methyl sites for hydroxylation is 1. The van der Waals surface area contributed by atoms with E-state index in [0.29, 0.717) is 29.2 Å². The predicted octanol–water partition coefficient (Wildman–Crippen LogP) is 0.869. The van der Waals surface area contributed by atoms with Crippen LogP contribution in [0.15, 0.2) is 40.6 Å². The van der Waals surface area contributed by atoms with Crippen molar-refractivity contribution in [3.63, 3.8) is 0 Å². The SMILES string of the molecule is C[C@H](C(=O)Nc1ccnc(-c2cnc(N3CCC[C@@H]3C)nc2)n1)n1cnc2c1c(=O)n(C)c(=O)n2C. The Morgan fingerprint density at radius 3 is 2.56 bits per heavy atom. The van der Waals surface area contributed by atoms with Crippen LogP contribution in [-0.2, 0) is 18.9 Å². The number of nitrogens with one attached hydrogen (secondary N) is 1. The van der Waals surface area contributed by atoms with Gasteiger partial charge in [-0.05, 0) is 32.8 Å². The lowest BCUT2D eigenvalue weighted by molar-refractivity contribution is -0.118. The number of aromatic nitrogens is 8. The minimum absolute atomic E-state index is 0.162. The van der Waals surface area contributed by atoms with Crippen molar-refractivity contribution in [1.82, 2.24) is 38.6 Å². The van der Waals surface area contributed by atoms with E-state index in [0.717, 1.165) is 24.0 Å². The summed E-state index contributed by atoms with van der Waals surface area (Å²) in [6.07, 6.45) is 8.51. The number of imidazole rings is 1. The molecule has 1 N–H and O–H groups in total. The van der Waals surface area contributed by atoms with E-state index in [1.54, 1.807) is 25.4 Å². The summed E-state index contributed by atoms with van der Waals surface area (Å²) in [5, 5.41) is 2.76. The molecule has 1 aliphatic heterocycles. The van der Waals surface area contributed by atoms with E-state index < -0.39 is 23.2 Å². The number of carbonyl (C=O) groups is 1. The molecule has 0 aromatic carbocycles. The topological polar surface area (TPSA) is 146 Å². The number of hydrogen-bond donors (Lipinski definition) is 1. The molecule has 0 aliphatic carbocycles. The van der Waals surface area contributed by atoms with Crippen LogP contribution in [0.5, 0.6) is 0 Å². The fourth-order valence-electron chi connectivity index (χ4n) is 4.40. The molecule has 1 amide bonds. The molecule has 13 heteroatoms. The van der Waals surface area contributed by atoms with E-state index in [9.17, 15) is 14.4 Å². The molecule has 0 unspecified atom stereocenters. The van der Waals surface area contributed by atoms with E-state index in [1.807, 2.05) is 0 Å². The molecule has 1 fully saturated rings. The van der Waals surface area contributed by atoms with Crippen LogP contribution in [0.4, 0.5) is 11.8 Å². The van der Waals surface area contributed by atoms with Gasteiger partial charge in [-0.15, -0.1) is 0 Å². The maximum absolute atomic E-state index is 13.0. The Morgan fingerprint density at radius 2 is 1.86 bits per heavy atom. The lowest BCUT2D eigenvalue weighted by Crippen LogP contribution is -2.38. The summed E-state index contributed by atoms with van der Waals surface area (Å²) in [4.78, 5) is 62.0. The van der Waals surface area contributed by atoms with E-state index in [4.69, 9.17) is 0 Å². The third-order valence-electron chi connectivity index (χ3n) is 6.58. The number of anilines is 2. The number of hydrogen-bond acceptors (Lipinski definition) is 9. The summed E-state index contributed by atoms with van der Waals surface area (Å²) >= 11 is 0. The number of rotatable bonds is 5. The van der Waals surface area contributed by atoms with Crippen molar-refractivity contribution >= 4 is 28.8 Å². The van der Waals surface area contributed by atoms with E-state index in [-0.39, 0.29) is 11.2 Å². The number of fused-ring (bicyclic) bond motifs is 1. The first-order valence-electron chi connectivity index (χ1n) is 11.6. The molecule has 0 saturated carbocycles. The van der Waals surface area contributed by atoms with Crippen molar-refractivity contribution in [2.75, 3.05) is 16.8 Å². The van der Waals surface area contributed by atoms with Gasteiger partial charge in [-0.1, -0.05) is 0 Å². The molecule has 2 atom stereocenters. The highest BCUT2D eigenvalue weighted by Gasteiger charge is 2.24. The fraction of sp³-hybridized carbons (Fsp3) is 0.391. The van der Waals surface area contributed by atoms with Crippen molar-refractivity contribution in [1.29, 1.82) is 0 Å². The van der Waals surface area contributed by atoms with Crippen LogP contribution in [0, 0.1) is 0 Å². The quantitative estimate of drug-likeness (QED) is 0.430. The van der Waals surface area contributed by atoms with Crippen LogP contribution in [0.1, 0.15) is 32.7 Å². The standard InChI is InChI=1S/C23H26N10O3/c1-13-6-5-9-32(13)22-25-10-15(11-26-22)18-24-8-7-16(28-18)29-20(34)14(2)33-12-27-19-17(33)21(35)31(4)23(36)30(19)3/h7-8,10-14H,5-6,9H2,1-4H3,(H,24,28,29,34)/t13-,14+/m0/s1. The maximum Gasteiger partial charge on any atom is 0.332 e. The van der Waals surface area contributed by atoms with Crippen molar-refractivity contribution < 1.29 is 4.79 Å². The van der Waals surface area contributed by atoms with Gasteiger partial charge < -0.3 is 14.8 Å². The smallest absolute Gasteiger partial charge is 0.332 e. The summed E-state index contributed by atoms with van der Waals surface area (Å²) in [5.74, 6) is 0.931. The van der Waals surface area contributed by atoms with Crippen LogP contribution in [0.2, 0.25) is 0 Å². The average Bonchev–Trinajstić information content (AvgIpc) is 3.52. The van der Waals surface area contributed by atoms with Gasteiger partial charge in [0, 0.05) is 45.3 Å². The molecule has 5 rings (SSSR count). The van der Waals surface area contributed by atoms with Gasteiger partial charge in [0.2, 0.25) is 11.9 Å². The molecule has 0 bridgehead atoms. The summed E-state index contributed by atoms with van der Waals surface area (Å²) < 4.78 is 3.70. The third-order valence-corrected chi connectivity index (χ3v) is 6.58. The molecule has 1 aliphatic rings. The first-order chi connectivity index (χ1) is 17.3. The summed E-state index contributed by atoms with van der Waals surface area (Å²) in [6.45, 7) is 4.73. The Balaban J connectivity index is 1.37. The first-order valence-corrected chi connectivity index (χ1v) is 11.6. The van der Waals surface area contributed by atoms with Gasteiger partial charge in [-0.2, -0.15) is 0 Å². The Kier molecular flexibility index (Phi) is 5.82. The molecule has 1 saturated heterocycles. The molecule has 186 valence electrons. The van der Waals surface area contributed by atoms with Gasteiger partial charge >= 0.3 is 5.69 Å². The molecule has 13 nitrogen and oxygen atoms in total. The largest absolute Gasteiger partial charge is 0.338 e. The zero-order valence-corrected chi connectivity index (χ0v) is 20.4. The van der Waals surface area contributed by atoms with Gasteiger partial charge in [-0.3, -0.25) is 18.7 Å². The fourth-order valence-corrected chi connectivity index (χ4v) is 4.40. The monoisotopic (exact) mass is 490 g/mol. The van der Waals surface area contributed by atoms with Gasteiger partial charge in [-0.25, -0.2) is 29.7 Å². The first kappa shape index (κ1) is 23.3. The lowest BCUT2D eigenvalue weighted by atomic mass is 10.2. The van der Waals surface area contributed by atoms with Crippen LogP contribution in [0.3, 0.4) is 0 Å². The number of amides is 1. The molecular formula is C23H26N10O3. The molecule has 0 spiro atoms. The Bertz CT molecular complexity index is 1570. The molecule has 0 radical (unpaired) electrons. The molecule has 4 aromatic rings. The van der Waals surface area contributed by atoms with Gasteiger partial charge in [0.15, 0.2) is 17.0 Å². The van der Waals surface area contributed by atoms with Crippen molar-refractivity contribution in [3.8, 4) is 11.4 Å². The van der Waals surface area contributed by atoms with Gasteiger partial charge in [0.1, 0.15) is 11.9 Å². The zero-order valence-electron chi connectivity index (χ0n) is 20.4. The lowest BCUT2D eigenvalue weighted by Gasteiger charge is -2.20. The van der Waals surface area contributed by atoms with Crippen LogP contribution < -0.4 is 21.5 Å². The predicted molar refractivity (Wildman–Crippen MR) is 133 cm³/mol. The second-order valence-corrected chi connectivity index (χ2v) is 8.92. The molecular weight excluding hydrogens is 464 g/mol. The summed E-state index contributed by atoms with van der Waals surface area (Å²) in [5.41, 5.74) is -0.0227. The maximum atomic E-state index is 13.0. The number of carbonyl (C=O) groups excluding carboxylic acids is 1. The highest BCUT2D eigenvalue weighted by molar-refractivity contribution is 5.93. The van der Waals surface area contributed by atoms with Crippen LogP contribution >= 0.6 is 0 Å². The molecule has 4 aromatic heterocycles. The molecule has 36 heavy (non-hydrogen) atoms. The van der Waals surface area contributed by atoms with E-state index >= 15 is 0 Å². The van der Waals surface area contributed by atoms with Crippen molar-refractivity contribution in [3.05, 3.63) is 51.8 Å². The Morgan fingerprint density at radius 1 is 1.11 bits per heavy atom. The van der Waals surface area contributed by atoms with Gasteiger partial charge in [0.05, 0.1) is 11.9 Å². The highest BCUT2D eigenvalue weighted by atomic mass is 16.2. The highest BCUT2D eigenvalue weighted by Crippen LogP contribution is 2.23. The number of nitrogens with zero attached hydrogens (tertiary/aromatic N) is 9. The normalized spacial score (nSPS) is 16.4. The Labute approximate surface area is 205 Å².